The predicted molar refractivity (Wildman–Crippen MR) is 149 cm³/mol. The van der Waals surface area contributed by atoms with E-state index in [1.54, 1.807) is 18.4 Å². The molecule has 3 saturated carbocycles. The van der Waals surface area contributed by atoms with Crippen LogP contribution in [0.3, 0.4) is 0 Å². The third kappa shape index (κ3) is 3.42. The van der Waals surface area contributed by atoms with Gasteiger partial charge in [0.25, 0.3) is 5.91 Å². The van der Waals surface area contributed by atoms with Gasteiger partial charge in [-0.25, -0.2) is 4.98 Å². The lowest BCUT2D eigenvalue weighted by Crippen LogP contribution is -2.37. The van der Waals surface area contributed by atoms with Crippen LogP contribution in [0.15, 0.2) is 23.6 Å². The van der Waals surface area contributed by atoms with Crippen molar-refractivity contribution >= 4 is 38.5 Å². The maximum atomic E-state index is 13.5. The summed E-state index contributed by atoms with van der Waals surface area (Å²) in [5.74, 6) is 3.53. The molecule has 1 aromatic carbocycles. The van der Waals surface area contributed by atoms with Crippen LogP contribution >= 0.6 is 11.3 Å². The number of aryl methyl sites for hydroxylation is 1. The van der Waals surface area contributed by atoms with E-state index in [1.165, 1.54) is 35.0 Å². The van der Waals surface area contributed by atoms with Crippen molar-refractivity contribution in [1.82, 2.24) is 19.0 Å². The Morgan fingerprint density at radius 3 is 2.66 bits per heavy atom. The van der Waals surface area contributed by atoms with Gasteiger partial charge in [0, 0.05) is 31.7 Å². The number of aliphatic hydroxyl groups is 1. The summed E-state index contributed by atoms with van der Waals surface area (Å²) in [4.78, 5) is 20.8. The molecule has 4 aliphatic rings. The van der Waals surface area contributed by atoms with Gasteiger partial charge in [-0.15, -0.1) is 11.3 Å². The van der Waals surface area contributed by atoms with E-state index in [0.29, 0.717) is 35.1 Å². The number of likely N-dealkylation sites (tertiary alicyclic amines) is 1. The molecule has 3 aliphatic carbocycles. The number of fused-ring (bicyclic) bond motifs is 4. The Hall–Kier alpha value is -2.84. The number of methoxy groups -OCH3 is 1. The first-order chi connectivity index (χ1) is 18.5. The number of ether oxygens (including phenoxy) is 1. The zero-order chi connectivity index (χ0) is 25.7. The molecule has 1 aliphatic heterocycles. The number of carbonyl (C=O) groups is 1. The Bertz CT molecular complexity index is 1590. The summed E-state index contributed by atoms with van der Waals surface area (Å²) in [6.45, 7) is 1.88. The maximum Gasteiger partial charge on any atom is 0.254 e. The Balaban J connectivity index is 1.24. The minimum absolute atomic E-state index is 0.106. The summed E-state index contributed by atoms with van der Waals surface area (Å²) >= 11 is 1.80. The molecule has 2 atom stereocenters. The molecule has 8 heteroatoms. The first-order valence-electron chi connectivity index (χ1n) is 14.1. The number of hydrogen-bond donors (Lipinski definition) is 1. The Kier molecular flexibility index (Phi) is 5.06. The molecule has 38 heavy (non-hydrogen) atoms. The molecule has 0 radical (unpaired) electrons. The van der Waals surface area contributed by atoms with Crippen molar-refractivity contribution in [3.8, 4) is 17.3 Å². The van der Waals surface area contributed by atoms with Crippen LogP contribution in [0, 0.1) is 11.8 Å². The molecule has 1 saturated heterocycles. The molecule has 7 nitrogen and oxygen atoms in total. The molecule has 2 bridgehead atoms. The molecular weight excluding hydrogens is 496 g/mol. The van der Waals surface area contributed by atoms with Gasteiger partial charge in [0.2, 0.25) is 0 Å². The van der Waals surface area contributed by atoms with Crippen LogP contribution in [-0.2, 0) is 13.6 Å². The molecule has 4 aromatic rings. The van der Waals surface area contributed by atoms with Gasteiger partial charge in [-0.05, 0) is 91.8 Å². The number of benzene rings is 1. The van der Waals surface area contributed by atoms with E-state index in [4.69, 9.17) is 9.72 Å². The second kappa shape index (κ2) is 8.33. The molecular formula is C30H34N4O3S. The second-order valence-electron chi connectivity index (χ2n) is 12.1. The summed E-state index contributed by atoms with van der Waals surface area (Å²) in [6, 6.07) is 6.55. The van der Waals surface area contributed by atoms with E-state index >= 15 is 0 Å². The van der Waals surface area contributed by atoms with Crippen LogP contribution in [0.1, 0.15) is 66.8 Å². The highest BCUT2D eigenvalue weighted by atomic mass is 32.1. The summed E-state index contributed by atoms with van der Waals surface area (Å²) in [6.07, 6.45) is 7.63. The van der Waals surface area contributed by atoms with Crippen molar-refractivity contribution < 1.29 is 14.6 Å². The number of hydrogen-bond acceptors (Lipinski definition) is 5. The van der Waals surface area contributed by atoms with Crippen LogP contribution in [0.4, 0.5) is 0 Å². The van der Waals surface area contributed by atoms with Crippen LogP contribution in [0.2, 0.25) is 0 Å². The van der Waals surface area contributed by atoms with E-state index in [9.17, 15) is 9.90 Å². The van der Waals surface area contributed by atoms with Gasteiger partial charge in [-0.2, -0.15) is 0 Å². The molecule has 198 valence electrons. The summed E-state index contributed by atoms with van der Waals surface area (Å²) in [5.41, 5.74) is 6.24. The van der Waals surface area contributed by atoms with Gasteiger partial charge in [-0.3, -0.25) is 4.79 Å². The van der Waals surface area contributed by atoms with E-state index in [0.717, 1.165) is 61.3 Å². The largest absolute Gasteiger partial charge is 0.494 e. The number of piperidine rings is 1. The molecule has 8 rings (SSSR count). The predicted octanol–water partition coefficient (Wildman–Crippen LogP) is 5.54. The average molecular weight is 531 g/mol. The van der Waals surface area contributed by atoms with Crippen molar-refractivity contribution in [1.29, 1.82) is 0 Å². The quantitative estimate of drug-likeness (QED) is 0.355. The van der Waals surface area contributed by atoms with Gasteiger partial charge in [0.1, 0.15) is 11.3 Å². The number of thiophene rings is 1. The highest BCUT2D eigenvalue weighted by molar-refractivity contribution is 7.17. The van der Waals surface area contributed by atoms with E-state index in [-0.39, 0.29) is 12.0 Å². The third-order valence-electron chi connectivity index (χ3n) is 9.64. The smallest absolute Gasteiger partial charge is 0.254 e. The molecule has 0 unspecified atom stereocenters. The molecule has 1 N–H and O–H groups in total. The summed E-state index contributed by atoms with van der Waals surface area (Å²) in [7, 11) is 3.73. The number of carbonyl (C=O) groups excluding carboxylic acids is 1. The van der Waals surface area contributed by atoms with Crippen LogP contribution in [0.25, 0.3) is 32.8 Å². The van der Waals surface area contributed by atoms with Crippen LogP contribution in [-0.4, -0.2) is 55.8 Å². The van der Waals surface area contributed by atoms with E-state index in [2.05, 4.69) is 32.5 Å². The van der Waals surface area contributed by atoms with Crippen LogP contribution < -0.4 is 4.74 Å². The minimum atomic E-state index is -0.166. The first kappa shape index (κ1) is 23.1. The minimum Gasteiger partial charge on any atom is -0.494 e. The number of aromatic nitrogens is 3. The second-order valence-corrected chi connectivity index (χ2v) is 13.1. The van der Waals surface area contributed by atoms with Crippen molar-refractivity contribution in [2.45, 2.75) is 69.6 Å². The van der Waals surface area contributed by atoms with Gasteiger partial charge in [-0.1, -0.05) is 0 Å². The average Bonchev–Trinajstić information content (AvgIpc) is 3.29. The summed E-state index contributed by atoms with van der Waals surface area (Å²) in [5, 5.41) is 12.3. The molecule has 4 fully saturated rings. The van der Waals surface area contributed by atoms with E-state index < -0.39 is 0 Å². The van der Waals surface area contributed by atoms with Crippen molar-refractivity contribution in [3.05, 3.63) is 34.7 Å². The Morgan fingerprint density at radius 2 is 1.97 bits per heavy atom. The number of nitrogens with zero attached hydrogens (tertiary/aromatic N) is 4. The van der Waals surface area contributed by atoms with E-state index in [1.807, 2.05) is 12.1 Å². The number of rotatable bonds is 6. The standard InChI is InChI=1S/C30H34N4O3S/c1-32-28-23(10-19(11-25(28)37-2)30(36)33-14-17-5-6-20(33)7-17)31-29(32)24-12-26-27(34(24)13-16-3-4-16)22(15-38-26)18-8-21(35)9-18/h10-12,15-18,20-21,35H,3-9,13-14H2,1-2H3/t17-,18?,20+,21?/m0/s1. The lowest BCUT2D eigenvalue weighted by atomic mass is 9.78. The number of imidazole rings is 1. The Labute approximate surface area is 226 Å². The number of aliphatic hydroxyl groups excluding tert-OH is 1. The fourth-order valence-electron chi connectivity index (χ4n) is 7.32. The molecule has 0 spiro atoms. The first-order valence-corrected chi connectivity index (χ1v) is 15.0. The fourth-order valence-corrected chi connectivity index (χ4v) is 8.39. The monoisotopic (exact) mass is 530 g/mol. The fraction of sp³-hybridized carbons (Fsp3) is 0.533. The van der Waals surface area contributed by atoms with Crippen molar-refractivity contribution in [2.24, 2.45) is 18.9 Å². The molecule has 1 amide bonds. The highest BCUT2D eigenvalue weighted by Gasteiger charge is 2.41. The zero-order valence-corrected chi connectivity index (χ0v) is 22.8. The third-order valence-corrected chi connectivity index (χ3v) is 10.6. The maximum absolute atomic E-state index is 13.5. The SMILES string of the molecule is COc1cc(C(=O)N2C[C@H]3CC[C@@H]2C3)cc2nc(-c3cc4scc(C5CC(O)C5)c4n3CC3CC3)n(C)c12. The number of amides is 1. The van der Waals surface area contributed by atoms with Crippen LogP contribution in [0.5, 0.6) is 5.75 Å². The van der Waals surface area contributed by atoms with Crippen molar-refractivity contribution in [2.75, 3.05) is 13.7 Å². The summed E-state index contributed by atoms with van der Waals surface area (Å²) < 4.78 is 11.8. The lowest BCUT2D eigenvalue weighted by Gasteiger charge is -2.31. The van der Waals surface area contributed by atoms with Gasteiger partial charge < -0.3 is 23.9 Å². The van der Waals surface area contributed by atoms with Gasteiger partial charge in [0.15, 0.2) is 5.82 Å². The topological polar surface area (TPSA) is 72.5 Å². The van der Waals surface area contributed by atoms with Gasteiger partial charge in [0.05, 0.1) is 34.6 Å². The van der Waals surface area contributed by atoms with Crippen molar-refractivity contribution in [3.63, 3.8) is 0 Å². The Morgan fingerprint density at radius 1 is 1.13 bits per heavy atom. The highest BCUT2D eigenvalue weighted by Crippen LogP contribution is 2.46. The zero-order valence-electron chi connectivity index (χ0n) is 22.0. The molecule has 4 heterocycles. The lowest BCUT2D eigenvalue weighted by molar-refractivity contribution is 0.0703. The van der Waals surface area contributed by atoms with Gasteiger partial charge >= 0.3 is 0 Å². The normalized spacial score (nSPS) is 26.6. The molecule has 3 aromatic heterocycles.